The standard InChI is InChI=1S/C25H29FN2O/c26-21-8-9-22-20(15-21)7-4-12-25(22)17-27-16-23(25)24(29)28-13-10-19(11-14-28)18-5-2-1-3-6-18/h1-3,5-6,8-9,15,19,23,27H,4,7,10-14,16-17H2/t23-,25-/m0/s1. The van der Waals surface area contributed by atoms with Gasteiger partial charge in [-0.05, 0) is 66.8 Å². The quantitative estimate of drug-likeness (QED) is 0.837. The molecule has 0 aromatic heterocycles. The smallest absolute Gasteiger partial charge is 0.227 e. The summed E-state index contributed by atoms with van der Waals surface area (Å²) in [6, 6.07) is 15.9. The molecule has 3 aliphatic rings. The van der Waals surface area contributed by atoms with E-state index < -0.39 is 0 Å². The molecule has 0 unspecified atom stereocenters. The van der Waals surface area contributed by atoms with E-state index in [-0.39, 0.29) is 17.2 Å². The molecule has 3 nitrogen and oxygen atoms in total. The van der Waals surface area contributed by atoms with Crippen LogP contribution in [0.3, 0.4) is 0 Å². The zero-order valence-corrected chi connectivity index (χ0v) is 16.9. The Bertz CT molecular complexity index is 891. The van der Waals surface area contributed by atoms with Gasteiger partial charge in [0.25, 0.3) is 0 Å². The van der Waals surface area contributed by atoms with Gasteiger partial charge in [-0.15, -0.1) is 0 Å². The number of piperidine rings is 1. The summed E-state index contributed by atoms with van der Waals surface area (Å²) in [7, 11) is 0. The van der Waals surface area contributed by atoms with E-state index in [1.165, 1.54) is 11.1 Å². The Hall–Kier alpha value is -2.20. The van der Waals surface area contributed by atoms with E-state index in [2.05, 4.69) is 40.5 Å². The molecule has 152 valence electrons. The zero-order valence-electron chi connectivity index (χ0n) is 16.9. The molecule has 2 aliphatic heterocycles. The zero-order chi connectivity index (χ0) is 19.8. The number of halogens is 1. The van der Waals surface area contributed by atoms with Crippen LogP contribution in [0.15, 0.2) is 48.5 Å². The SMILES string of the molecule is O=C([C@@H]1CNC[C@]12CCCc1cc(F)ccc12)N1CCC(c2ccccc2)CC1. The molecule has 1 aliphatic carbocycles. The van der Waals surface area contributed by atoms with Gasteiger partial charge in [-0.1, -0.05) is 36.4 Å². The van der Waals surface area contributed by atoms with Gasteiger partial charge in [-0.25, -0.2) is 4.39 Å². The van der Waals surface area contributed by atoms with Crippen LogP contribution in [0.25, 0.3) is 0 Å². The fourth-order valence-electron chi connectivity index (χ4n) is 5.99. The van der Waals surface area contributed by atoms with E-state index in [1.54, 1.807) is 12.1 Å². The summed E-state index contributed by atoms with van der Waals surface area (Å²) in [6.07, 6.45) is 5.02. The van der Waals surface area contributed by atoms with Crippen molar-refractivity contribution in [3.8, 4) is 0 Å². The van der Waals surface area contributed by atoms with Crippen molar-refractivity contribution in [1.29, 1.82) is 0 Å². The fraction of sp³-hybridized carbons (Fsp3) is 0.480. The van der Waals surface area contributed by atoms with E-state index in [0.717, 1.165) is 63.8 Å². The molecule has 4 heteroatoms. The Morgan fingerprint density at radius 3 is 2.69 bits per heavy atom. The van der Waals surface area contributed by atoms with Crippen molar-refractivity contribution in [2.45, 2.75) is 43.4 Å². The second-order valence-corrected chi connectivity index (χ2v) is 9.00. The lowest BCUT2D eigenvalue weighted by molar-refractivity contribution is -0.138. The normalized spacial score (nSPS) is 27.2. The molecule has 2 aromatic rings. The number of carbonyl (C=O) groups is 1. The monoisotopic (exact) mass is 392 g/mol. The van der Waals surface area contributed by atoms with Gasteiger partial charge in [0.2, 0.25) is 5.91 Å². The molecule has 1 N–H and O–H groups in total. The van der Waals surface area contributed by atoms with Crippen LogP contribution in [0.5, 0.6) is 0 Å². The average Bonchev–Trinajstić information content (AvgIpc) is 3.18. The topological polar surface area (TPSA) is 32.3 Å². The van der Waals surface area contributed by atoms with Crippen molar-refractivity contribution < 1.29 is 9.18 Å². The number of fused-ring (bicyclic) bond motifs is 2. The molecule has 1 spiro atoms. The highest BCUT2D eigenvalue weighted by Gasteiger charge is 2.51. The van der Waals surface area contributed by atoms with Crippen LogP contribution in [0.2, 0.25) is 0 Å². The highest BCUT2D eigenvalue weighted by atomic mass is 19.1. The molecule has 2 fully saturated rings. The van der Waals surface area contributed by atoms with Crippen LogP contribution in [-0.4, -0.2) is 37.0 Å². The summed E-state index contributed by atoms with van der Waals surface area (Å²) in [4.78, 5) is 15.7. The Morgan fingerprint density at radius 2 is 1.90 bits per heavy atom. The summed E-state index contributed by atoms with van der Waals surface area (Å²) >= 11 is 0. The lowest BCUT2D eigenvalue weighted by Gasteiger charge is -2.42. The van der Waals surface area contributed by atoms with E-state index in [0.29, 0.717) is 11.8 Å². The van der Waals surface area contributed by atoms with Crippen molar-refractivity contribution in [3.05, 3.63) is 71.0 Å². The maximum Gasteiger partial charge on any atom is 0.227 e. The van der Waals surface area contributed by atoms with Crippen LogP contribution in [0.4, 0.5) is 4.39 Å². The van der Waals surface area contributed by atoms with Crippen LogP contribution in [0.1, 0.15) is 48.3 Å². The molecule has 2 heterocycles. The van der Waals surface area contributed by atoms with Crippen LogP contribution in [-0.2, 0) is 16.6 Å². The largest absolute Gasteiger partial charge is 0.342 e. The number of benzene rings is 2. The summed E-state index contributed by atoms with van der Waals surface area (Å²) in [5.74, 6) is 0.630. The minimum atomic E-state index is -0.172. The molecule has 5 rings (SSSR count). The van der Waals surface area contributed by atoms with E-state index in [1.807, 2.05) is 6.07 Å². The number of nitrogens with zero attached hydrogens (tertiary/aromatic N) is 1. The molecular weight excluding hydrogens is 363 g/mol. The average molecular weight is 393 g/mol. The predicted molar refractivity (Wildman–Crippen MR) is 112 cm³/mol. The molecule has 1 amide bonds. The van der Waals surface area contributed by atoms with Gasteiger partial charge in [0.1, 0.15) is 5.82 Å². The number of likely N-dealkylation sites (tertiary alicyclic amines) is 1. The summed E-state index contributed by atoms with van der Waals surface area (Å²) < 4.78 is 13.8. The van der Waals surface area contributed by atoms with Crippen molar-refractivity contribution in [2.75, 3.05) is 26.2 Å². The first kappa shape index (κ1) is 18.8. The third-order valence-electron chi connectivity index (χ3n) is 7.50. The number of nitrogens with one attached hydrogen (secondary N) is 1. The highest BCUT2D eigenvalue weighted by molar-refractivity contribution is 5.82. The minimum absolute atomic E-state index is 0.0414. The first-order chi connectivity index (χ1) is 14.2. The Balaban J connectivity index is 1.35. The number of aryl methyl sites for hydroxylation is 1. The molecule has 0 radical (unpaired) electrons. The predicted octanol–water partition coefficient (Wildman–Crippen LogP) is 4.03. The van der Waals surface area contributed by atoms with Crippen molar-refractivity contribution >= 4 is 5.91 Å². The van der Waals surface area contributed by atoms with Crippen LogP contribution >= 0.6 is 0 Å². The van der Waals surface area contributed by atoms with E-state index in [9.17, 15) is 9.18 Å². The molecular formula is C25H29FN2O. The number of hydrogen-bond donors (Lipinski definition) is 1. The first-order valence-electron chi connectivity index (χ1n) is 11.0. The van der Waals surface area contributed by atoms with Crippen molar-refractivity contribution in [2.24, 2.45) is 5.92 Å². The Kier molecular flexibility index (Phi) is 4.91. The first-order valence-corrected chi connectivity index (χ1v) is 11.0. The molecule has 29 heavy (non-hydrogen) atoms. The third kappa shape index (κ3) is 3.28. The van der Waals surface area contributed by atoms with Gasteiger partial charge in [-0.3, -0.25) is 4.79 Å². The van der Waals surface area contributed by atoms with Crippen LogP contribution in [0, 0.1) is 11.7 Å². The Morgan fingerprint density at radius 1 is 1.10 bits per heavy atom. The van der Waals surface area contributed by atoms with Gasteiger partial charge in [0.15, 0.2) is 0 Å². The molecule has 0 bridgehead atoms. The maximum absolute atomic E-state index is 13.8. The Labute approximate surface area is 172 Å². The summed E-state index contributed by atoms with van der Waals surface area (Å²) in [5.41, 5.74) is 3.52. The van der Waals surface area contributed by atoms with Crippen molar-refractivity contribution in [1.82, 2.24) is 10.2 Å². The molecule has 0 saturated carbocycles. The van der Waals surface area contributed by atoms with Gasteiger partial charge < -0.3 is 10.2 Å². The number of amides is 1. The van der Waals surface area contributed by atoms with Gasteiger partial charge in [0, 0.05) is 31.6 Å². The number of rotatable bonds is 2. The highest BCUT2D eigenvalue weighted by Crippen LogP contribution is 2.46. The van der Waals surface area contributed by atoms with Crippen molar-refractivity contribution in [3.63, 3.8) is 0 Å². The second kappa shape index (κ2) is 7.56. The van der Waals surface area contributed by atoms with Gasteiger partial charge >= 0.3 is 0 Å². The molecule has 2 saturated heterocycles. The lowest BCUT2D eigenvalue weighted by Crippen LogP contribution is -2.49. The molecule has 2 aromatic carbocycles. The van der Waals surface area contributed by atoms with E-state index >= 15 is 0 Å². The summed E-state index contributed by atoms with van der Waals surface area (Å²) in [5, 5.41) is 3.50. The summed E-state index contributed by atoms with van der Waals surface area (Å²) in [6.45, 7) is 3.22. The van der Waals surface area contributed by atoms with Gasteiger partial charge in [-0.2, -0.15) is 0 Å². The van der Waals surface area contributed by atoms with Crippen LogP contribution < -0.4 is 5.32 Å². The van der Waals surface area contributed by atoms with E-state index in [4.69, 9.17) is 0 Å². The lowest BCUT2D eigenvalue weighted by atomic mass is 9.64. The number of carbonyl (C=O) groups excluding carboxylic acids is 1. The second-order valence-electron chi connectivity index (χ2n) is 9.00. The van der Waals surface area contributed by atoms with Gasteiger partial charge in [0.05, 0.1) is 5.92 Å². The minimum Gasteiger partial charge on any atom is -0.342 e. The maximum atomic E-state index is 13.8. The molecule has 2 atom stereocenters. The fourth-order valence-corrected chi connectivity index (χ4v) is 5.99. The third-order valence-corrected chi connectivity index (χ3v) is 7.50. The number of hydrogen-bond acceptors (Lipinski definition) is 2.